The maximum atomic E-state index is 12.6. The molecule has 4 nitrogen and oxygen atoms in total. The van der Waals surface area contributed by atoms with Gasteiger partial charge in [0.2, 0.25) is 0 Å². The largest absolute Gasteiger partial charge is 0.416 e. The fraction of sp³-hybridized carbons (Fsp3) is 0.176. The lowest BCUT2D eigenvalue weighted by Crippen LogP contribution is -2.12. The third kappa shape index (κ3) is 2.97. The van der Waals surface area contributed by atoms with Crippen LogP contribution in [0.3, 0.4) is 0 Å². The first kappa shape index (κ1) is 16.0. The zero-order valence-corrected chi connectivity index (χ0v) is 12.8. The highest BCUT2D eigenvalue weighted by Crippen LogP contribution is 2.30. The number of hydrogen-bond donors (Lipinski definition) is 1. The summed E-state index contributed by atoms with van der Waals surface area (Å²) in [5.74, 6) is -0.389. The highest BCUT2D eigenvalue weighted by Gasteiger charge is 2.30. The molecule has 0 saturated carbocycles. The highest BCUT2D eigenvalue weighted by molar-refractivity contribution is 6.12. The molecule has 2 heterocycles. The van der Waals surface area contributed by atoms with Crippen LogP contribution < -0.4 is 5.32 Å². The number of amides is 1. The number of hydrogen-bond acceptors (Lipinski definition) is 2. The van der Waals surface area contributed by atoms with E-state index < -0.39 is 11.7 Å². The lowest BCUT2D eigenvalue weighted by atomic mass is 10.2. The van der Waals surface area contributed by atoms with E-state index in [1.54, 1.807) is 24.5 Å². The van der Waals surface area contributed by atoms with Crippen molar-refractivity contribution in [2.45, 2.75) is 19.6 Å². The van der Waals surface area contributed by atoms with Crippen molar-refractivity contribution >= 4 is 22.6 Å². The van der Waals surface area contributed by atoms with E-state index in [-0.39, 0.29) is 5.91 Å². The average Bonchev–Trinajstić information content (AvgIpc) is 2.93. The standard InChI is InChI=1S/C17H14F3N3O/c1-2-23-10-14(13-4-3-9-21-15(13)23)16(24)22-12-7-5-11(6-8-12)17(18,19)20/h3-10H,2H2,1H3,(H,22,24). The Morgan fingerprint density at radius 2 is 1.92 bits per heavy atom. The van der Waals surface area contributed by atoms with Crippen molar-refractivity contribution in [2.24, 2.45) is 0 Å². The van der Waals surface area contributed by atoms with Gasteiger partial charge in [0.25, 0.3) is 5.91 Å². The topological polar surface area (TPSA) is 46.9 Å². The number of alkyl halides is 3. The summed E-state index contributed by atoms with van der Waals surface area (Å²) in [4.78, 5) is 16.7. The van der Waals surface area contributed by atoms with Gasteiger partial charge >= 0.3 is 6.18 Å². The molecular formula is C17H14F3N3O. The molecule has 24 heavy (non-hydrogen) atoms. The number of carbonyl (C=O) groups is 1. The maximum absolute atomic E-state index is 12.6. The van der Waals surface area contributed by atoms with E-state index in [4.69, 9.17) is 0 Å². The molecule has 124 valence electrons. The highest BCUT2D eigenvalue weighted by atomic mass is 19.4. The van der Waals surface area contributed by atoms with Crippen LogP contribution in [-0.2, 0) is 12.7 Å². The van der Waals surface area contributed by atoms with E-state index in [1.165, 1.54) is 12.1 Å². The lowest BCUT2D eigenvalue weighted by molar-refractivity contribution is -0.137. The Morgan fingerprint density at radius 1 is 1.21 bits per heavy atom. The molecule has 0 atom stereocenters. The van der Waals surface area contributed by atoms with Crippen LogP contribution in [0.2, 0.25) is 0 Å². The summed E-state index contributed by atoms with van der Waals surface area (Å²) in [5.41, 5.74) is 0.666. The van der Waals surface area contributed by atoms with Crippen molar-refractivity contribution in [1.82, 2.24) is 9.55 Å². The van der Waals surface area contributed by atoms with E-state index >= 15 is 0 Å². The van der Waals surface area contributed by atoms with Gasteiger partial charge in [-0.15, -0.1) is 0 Å². The quantitative estimate of drug-likeness (QED) is 0.775. The van der Waals surface area contributed by atoms with E-state index in [1.807, 2.05) is 11.5 Å². The molecule has 0 spiro atoms. The van der Waals surface area contributed by atoms with Gasteiger partial charge in [-0.1, -0.05) is 0 Å². The zero-order valence-electron chi connectivity index (χ0n) is 12.8. The molecule has 1 N–H and O–H groups in total. The Morgan fingerprint density at radius 3 is 2.54 bits per heavy atom. The molecule has 1 aromatic carbocycles. The molecule has 0 aliphatic heterocycles. The minimum Gasteiger partial charge on any atom is -0.332 e. The number of pyridine rings is 1. The molecule has 2 aromatic heterocycles. The van der Waals surface area contributed by atoms with Crippen molar-refractivity contribution in [2.75, 3.05) is 5.32 Å². The van der Waals surface area contributed by atoms with E-state index in [0.29, 0.717) is 28.8 Å². The first-order valence-corrected chi connectivity index (χ1v) is 7.32. The number of aromatic nitrogens is 2. The second-order valence-corrected chi connectivity index (χ2v) is 5.23. The summed E-state index contributed by atoms with van der Waals surface area (Å²) in [5, 5.41) is 3.32. The number of nitrogens with zero attached hydrogens (tertiary/aromatic N) is 2. The van der Waals surface area contributed by atoms with Gasteiger partial charge in [0.05, 0.1) is 11.1 Å². The third-order valence-corrected chi connectivity index (χ3v) is 3.69. The molecule has 3 rings (SSSR count). The molecule has 0 bridgehead atoms. The van der Waals surface area contributed by atoms with Crippen molar-refractivity contribution in [3.8, 4) is 0 Å². The summed E-state index contributed by atoms with van der Waals surface area (Å²) < 4.78 is 39.5. The fourth-order valence-electron chi connectivity index (χ4n) is 2.49. The Bertz CT molecular complexity index is 882. The Balaban J connectivity index is 1.88. The van der Waals surface area contributed by atoms with E-state index in [0.717, 1.165) is 12.1 Å². The van der Waals surface area contributed by atoms with Crippen LogP contribution in [0.1, 0.15) is 22.8 Å². The second-order valence-electron chi connectivity index (χ2n) is 5.23. The fourth-order valence-corrected chi connectivity index (χ4v) is 2.49. The number of nitrogens with one attached hydrogen (secondary N) is 1. The van der Waals surface area contributed by atoms with E-state index in [9.17, 15) is 18.0 Å². The molecule has 0 aliphatic rings. The van der Waals surface area contributed by atoms with Gasteiger partial charge in [0.1, 0.15) is 5.65 Å². The van der Waals surface area contributed by atoms with Gasteiger partial charge in [-0.25, -0.2) is 4.98 Å². The first-order valence-electron chi connectivity index (χ1n) is 7.32. The Labute approximate surface area is 135 Å². The first-order chi connectivity index (χ1) is 11.4. The van der Waals surface area contributed by atoms with Gasteiger partial charge < -0.3 is 9.88 Å². The lowest BCUT2D eigenvalue weighted by Gasteiger charge is -2.08. The van der Waals surface area contributed by atoms with Gasteiger partial charge in [-0.05, 0) is 43.3 Å². The third-order valence-electron chi connectivity index (χ3n) is 3.69. The van der Waals surface area contributed by atoms with Crippen LogP contribution >= 0.6 is 0 Å². The normalized spacial score (nSPS) is 11.7. The summed E-state index contributed by atoms with van der Waals surface area (Å²) in [7, 11) is 0. The molecule has 3 aromatic rings. The summed E-state index contributed by atoms with van der Waals surface area (Å²) in [6, 6.07) is 7.86. The number of halogens is 3. The predicted octanol–water partition coefficient (Wildman–Crippen LogP) is 4.33. The molecular weight excluding hydrogens is 319 g/mol. The van der Waals surface area contributed by atoms with Gasteiger partial charge in [-0.3, -0.25) is 4.79 Å². The molecule has 0 saturated heterocycles. The van der Waals surface area contributed by atoms with Crippen molar-refractivity contribution < 1.29 is 18.0 Å². The molecule has 0 aliphatic carbocycles. The van der Waals surface area contributed by atoms with Crippen LogP contribution in [0.25, 0.3) is 11.0 Å². The molecule has 1 amide bonds. The summed E-state index contributed by atoms with van der Waals surface area (Å²) in [6.45, 7) is 2.59. The van der Waals surface area contributed by atoms with Gasteiger partial charge in [0, 0.05) is 30.0 Å². The number of fused-ring (bicyclic) bond motifs is 1. The number of carbonyl (C=O) groups excluding carboxylic acids is 1. The van der Waals surface area contributed by atoms with Crippen molar-refractivity contribution in [1.29, 1.82) is 0 Å². The zero-order chi connectivity index (χ0) is 17.3. The average molecular weight is 333 g/mol. The summed E-state index contributed by atoms with van der Waals surface area (Å²) in [6.07, 6.45) is -1.06. The van der Waals surface area contributed by atoms with Crippen LogP contribution in [0.5, 0.6) is 0 Å². The SMILES string of the molecule is CCn1cc(C(=O)Nc2ccc(C(F)(F)F)cc2)c2cccnc21. The van der Waals surface area contributed by atoms with E-state index in [2.05, 4.69) is 10.3 Å². The Hall–Kier alpha value is -2.83. The molecule has 0 fully saturated rings. The number of rotatable bonds is 3. The minimum atomic E-state index is -4.40. The monoisotopic (exact) mass is 333 g/mol. The number of aryl methyl sites for hydroxylation is 1. The van der Waals surface area contributed by atoms with Crippen molar-refractivity contribution in [3.63, 3.8) is 0 Å². The second kappa shape index (κ2) is 5.99. The molecule has 0 unspecified atom stereocenters. The molecule has 7 heteroatoms. The smallest absolute Gasteiger partial charge is 0.332 e. The summed E-state index contributed by atoms with van der Waals surface area (Å²) >= 11 is 0. The van der Waals surface area contributed by atoms with Gasteiger partial charge in [-0.2, -0.15) is 13.2 Å². The van der Waals surface area contributed by atoms with Crippen LogP contribution in [-0.4, -0.2) is 15.5 Å². The van der Waals surface area contributed by atoms with Gasteiger partial charge in [0.15, 0.2) is 0 Å². The predicted molar refractivity (Wildman–Crippen MR) is 84.8 cm³/mol. The maximum Gasteiger partial charge on any atom is 0.416 e. The Kier molecular flexibility index (Phi) is 4.01. The molecule has 0 radical (unpaired) electrons. The van der Waals surface area contributed by atoms with Crippen LogP contribution in [0, 0.1) is 0 Å². The van der Waals surface area contributed by atoms with Crippen LogP contribution in [0.15, 0.2) is 48.8 Å². The number of benzene rings is 1. The van der Waals surface area contributed by atoms with Crippen LogP contribution in [0.4, 0.5) is 18.9 Å². The minimum absolute atomic E-state index is 0.300. The van der Waals surface area contributed by atoms with Crippen molar-refractivity contribution in [3.05, 3.63) is 59.9 Å². The number of anilines is 1.